The smallest absolute Gasteiger partial charge is 0.175 e. The molecule has 0 spiro atoms. The van der Waals surface area contributed by atoms with Crippen molar-refractivity contribution >= 4 is 33.0 Å². The van der Waals surface area contributed by atoms with Crippen LogP contribution in [0.25, 0.3) is 10.4 Å². The molecule has 0 fully saturated rings. The van der Waals surface area contributed by atoms with Crippen LogP contribution in [0, 0.1) is 5.92 Å². The van der Waals surface area contributed by atoms with Crippen molar-refractivity contribution < 1.29 is 9.53 Å². The summed E-state index contributed by atoms with van der Waals surface area (Å²) in [6.45, 7) is 3.84. The number of ketones is 1. The zero-order chi connectivity index (χ0) is 14.0. The second-order valence-electron chi connectivity index (χ2n) is 4.53. The molecule has 0 N–H and O–H groups in total. The van der Waals surface area contributed by atoms with Gasteiger partial charge in [-0.1, -0.05) is 19.9 Å². The van der Waals surface area contributed by atoms with Crippen LogP contribution in [0.2, 0.25) is 0 Å². The second kappa shape index (κ2) is 5.88. The Labute approximate surface area is 125 Å². The van der Waals surface area contributed by atoms with Gasteiger partial charge in [0, 0.05) is 10.8 Å². The van der Waals surface area contributed by atoms with Crippen LogP contribution in [0.3, 0.4) is 0 Å². The average Bonchev–Trinajstić information content (AvgIpc) is 2.87. The van der Waals surface area contributed by atoms with Gasteiger partial charge in [-0.05, 0) is 45.8 Å². The van der Waals surface area contributed by atoms with Crippen molar-refractivity contribution in [2.45, 2.75) is 13.8 Å². The summed E-state index contributed by atoms with van der Waals surface area (Å²) in [5, 5.41) is 0. The molecule has 2 rings (SSSR count). The van der Waals surface area contributed by atoms with Crippen LogP contribution in [0.5, 0.6) is 5.75 Å². The van der Waals surface area contributed by atoms with Gasteiger partial charge in [0.05, 0.1) is 16.5 Å². The van der Waals surface area contributed by atoms with E-state index in [0.29, 0.717) is 0 Å². The zero-order valence-corrected chi connectivity index (χ0v) is 13.5. The van der Waals surface area contributed by atoms with Gasteiger partial charge in [0.25, 0.3) is 0 Å². The number of hydrogen-bond acceptors (Lipinski definition) is 3. The van der Waals surface area contributed by atoms with Crippen LogP contribution in [0.4, 0.5) is 0 Å². The quantitative estimate of drug-likeness (QED) is 0.731. The number of rotatable bonds is 4. The highest BCUT2D eigenvalue weighted by molar-refractivity contribution is 9.10. The third-order valence-corrected chi connectivity index (χ3v) is 4.61. The maximum absolute atomic E-state index is 11.9. The summed E-state index contributed by atoms with van der Waals surface area (Å²) < 4.78 is 6.22. The third-order valence-electron chi connectivity index (χ3n) is 2.81. The first kappa shape index (κ1) is 14.3. The highest BCUT2D eigenvalue weighted by Crippen LogP contribution is 2.34. The SMILES string of the molecule is COc1cc(-c2ccc(C(=O)C(C)C)s2)ccc1Br. The van der Waals surface area contributed by atoms with E-state index in [1.165, 1.54) is 11.3 Å². The first-order valence-electron chi connectivity index (χ1n) is 6.01. The summed E-state index contributed by atoms with van der Waals surface area (Å²) >= 11 is 4.96. The fourth-order valence-corrected chi connectivity index (χ4v) is 3.22. The molecule has 0 aliphatic heterocycles. The minimum Gasteiger partial charge on any atom is -0.496 e. The predicted molar refractivity (Wildman–Crippen MR) is 83.2 cm³/mol. The van der Waals surface area contributed by atoms with Crippen LogP contribution >= 0.6 is 27.3 Å². The minimum absolute atomic E-state index is 0.0333. The lowest BCUT2D eigenvalue weighted by Crippen LogP contribution is -2.04. The number of carbonyl (C=O) groups excluding carboxylic acids is 1. The summed E-state index contributed by atoms with van der Waals surface area (Å²) in [4.78, 5) is 13.8. The van der Waals surface area contributed by atoms with Crippen molar-refractivity contribution in [1.82, 2.24) is 0 Å². The lowest BCUT2D eigenvalue weighted by molar-refractivity contribution is 0.0943. The first-order valence-corrected chi connectivity index (χ1v) is 7.62. The fourth-order valence-electron chi connectivity index (χ4n) is 1.72. The molecule has 0 unspecified atom stereocenters. The van der Waals surface area contributed by atoms with Crippen LogP contribution in [-0.4, -0.2) is 12.9 Å². The summed E-state index contributed by atoms with van der Waals surface area (Å²) in [6.07, 6.45) is 0. The van der Waals surface area contributed by atoms with E-state index >= 15 is 0 Å². The van der Waals surface area contributed by atoms with Crippen molar-refractivity contribution in [3.05, 3.63) is 39.7 Å². The monoisotopic (exact) mass is 338 g/mol. The van der Waals surface area contributed by atoms with E-state index in [-0.39, 0.29) is 11.7 Å². The highest BCUT2D eigenvalue weighted by Gasteiger charge is 2.14. The topological polar surface area (TPSA) is 26.3 Å². The van der Waals surface area contributed by atoms with E-state index in [1.807, 2.05) is 44.2 Å². The Morgan fingerprint density at radius 3 is 2.63 bits per heavy atom. The van der Waals surface area contributed by atoms with Gasteiger partial charge in [-0.2, -0.15) is 0 Å². The molecule has 1 aromatic heterocycles. The van der Waals surface area contributed by atoms with Gasteiger partial charge in [-0.25, -0.2) is 0 Å². The fraction of sp³-hybridized carbons (Fsp3) is 0.267. The van der Waals surface area contributed by atoms with Gasteiger partial charge < -0.3 is 4.74 Å². The van der Waals surface area contributed by atoms with Gasteiger partial charge in [0.2, 0.25) is 0 Å². The first-order chi connectivity index (χ1) is 9.02. The molecule has 100 valence electrons. The maximum Gasteiger partial charge on any atom is 0.175 e. The lowest BCUT2D eigenvalue weighted by Gasteiger charge is -2.05. The molecule has 0 aliphatic carbocycles. The van der Waals surface area contributed by atoms with Crippen molar-refractivity contribution in [3.8, 4) is 16.2 Å². The molecular formula is C15H15BrO2S. The van der Waals surface area contributed by atoms with Crippen LogP contribution < -0.4 is 4.74 Å². The molecule has 0 atom stereocenters. The lowest BCUT2D eigenvalue weighted by atomic mass is 10.1. The molecule has 1 heterocycles. The van der Waals surface area contributed by atoms with E-state index < -0.39 is 0 Å². The van der Waals surface area contributed by atoms with E-state index in [0.717, 1.165) is 25.5 Å². The summed E-state index contributed by atoms with van der Waals surface area (Å²) in [7, 11) is 1.64. The molecule has 19 heavy (non-hydrogen) atoms. The van der Waals surface area contributed by atoms with Gasteiger partial charge in [0.15, 0.2) is 5.78 Å². The summed E-state index contributed by atoms with van der Waals surface area (Å²) in [5.41, 5.74) is 1.06. The number of ether oxygens (including phenoxy) is 1. The van der Waals surface area contributed by atoms with E-state index in [2.05, 4.69) is 15.9 Å². The Hall–Kier alpha value is -1.13. The molecule has 0 saturated carbocycles. The van der Waals surface area contributed by atoms with Crippen molar-refractivity contribution in [1.29, 1.82) is 0 Å². The zero-order valence-electron chi connectivity index (χ0n) is 11.1. The van der Waals surface area contributed by atoms with Gasteiger partial charge in [0.1, 0.15) is 5.75 Å². The van der Waals surface area contributed by atoms with Crippen LogP contribution in [-0.2, 0) is 0 Å². The van der Waals surface area contributed by atoms with Crippen molar-refractivity contribution in [2.75, 3.05) is 7.11 Å². The Morgan fingerprint density at radius 1 is 1.26 bits per heavy atom. The standard InChI is InChI=1S/C15H15BrO2S/c1-9(2)15(17)14-7-6-13(19-14)10-4-5-11(16)12(8-10)18-3/h4-9H,1-3H3. The summed E-state index contributed by atoms with van der Waals surface area (Å²) in [6, 6.07) is 9.83. The molecule has 2 nitrogen and oxygen atoms in total. The third kappa shape index (κ3) is 3.07. The molecule has 4 heteroatoms. The van der Waals surface area contributed by atoms with Gasteiger partial charge in [-0.3, -0.25) is 4.79 Å². The molecule has 0 radical (unpaired) electrons. The Balaban J connectivity index is 2.35. The Morgan fingerprint density at radius 2 is 2.00 bits per heavy atom. The van der Waals surface area contributed by atoms with E-state index in [1.54, 1.807) is 7.11 Å². The molecular weight excluding hydrogens is 324 g/mol. The molecule has 0 aliphatic rings. The minimum atomic E-state index is 0.0333. The molecule has 0 amide bonds. The number of thiophene rings is 1. The Bertz CT molecular complexity index is 602. The number of hydrogen-bond donors (Lipinski definition) is 0. The van der Waals surface area contributed by atoms with E-state index in [9.17, 15) is 4.79 Å². The van der Waals surface area contributed by atoms with E-state index in [4.69, 9.17) is 4.74 Å². The average molecular weight is 339 g/mol. The number of carbonyl (C=O) groups is 1. The number of Topliss-reactive ketones (excluding diaryl/α,β-unsaturated/α-hetero) is 1. The Kier molecular flexibility index (Phi) is 4.42. The number of halogens is 1. The normalized spacial score (nSPS) is 10.8. The number of benzene rings is 1. The predicted octanol–water partition coefficient (Wildman–Crippen LogP) is 5.02. The highest BCUT2D eigenvalue weighted by atomic mass is 79.9. The molecule has 0 saturated heterocycles. The summed E-state index contributed by atoms with van der Waals surface area (Å²) in [5.74, 6) is 1.02. The largest absolute Gasteiger partial charge is 0.496 e. The molecule has 2 aromatic rings. The maximum atomic E-state index is 11.9. The van der Waals surface area contributed by atoms with Gasteiger partial charge >= 0.3 is 0 Å². The second-order valence-corrected chi connectivity index (χ2v) is 6.47. The van der Waals surface area contributed by atoms with Crippen molar-refractivity contribution in [3.63, 3.8) is 0 Å². The molecule has 0 bridgehead atoms. The van der Waals surface area contributed by atoms with Gasteiger partial charge in [-0.15, -0.1) is 11.3 Å². The number of methoxy groups -OCH3 is 1. The van der Waals surface area contributed by atoms with Crippen LogP contribution in [0.15, 0.2) is 34.8 Å². The van der Waals surface area contributed by atoms with Crippen molar-refractivity contribution in [2.24, 2.45) is 5.92 Å². The van der Waals surface area contributed by atoms with Crippen LogP contribution in [0.1, 0.15) is 23.5 Å². The molecule has 1 aromatic carbocycles.